The van der Waals surface area contributed by atoms with Crippen LogP contribution in [0.4, 0.5) is 0 Å². The maximum atomic E-state index is 4.46. The second-order valence-corrected chi connectivity index (χ2v) is 6.62. The van der Waals surface area contributed by atoms with Gasteiger partial charge in [-0.3, -0.25) is 4.99 Å². The van der Waals surface area contributed by atoms with Crippen LogP contribution in [0, 0.1) is 19.8 Å². The molecule has 1 atom stereocenters. The number of aromatic nitrogens is 1. The van der Waals surface area contributed by atoms with Gasteiger partial charge in [-0.2, -0.15) is 0 Å². The van der Waals surface area contributed by atoms with Crippen molar-refractivity contribution in [2.75, 3.05) is 20.1 Å². The summed E-state index contributed by atoms with van der Waals surface area (Å²) in [7, 11) is 1.87. The van der Waals surface area contributed by atoms with Gasteiger partial charge in [0.25, 0.3) is 0 Å². The van der Waals surface area contributed by atoms with Crippen LogP contribution in [0.2, 0.25) is 0 Å². The van der Waals surface area contributed by atoms with E-state index in [1.807, 2.05) is 7.05 Å². The first kappa shape index (κ1) is 17.7. The summed E-state index contributed by atoms with van der Waals surface area (Å²) in [5.74, 6) is 1.79. The van der Waals surface area contributed by atoms with E-state index in [0.29, 0.717) is 0 Å². The van der Waals surface area contributed by atoms with Crippen LogP contribution in [0.3, 0.4) is 0 Å². The number of nitrogens with zero attached hydrogens (tertiary/aromatic N) is 3. The van der Waals surface area contributed by atoms with E-state index in [2.05, 4.69) is 41.0 Å². The van der Waals surface area contributed by atoms with Gasteiger partial charge in [0.2, 0.25) is 0 Å². The molecule has 0 saturated carbocycles. The average Bonchev–Trinajstić information content (AvgIpc) is 2.69. The Labute approximate surface area is 143 Å². The van der Waals surface area contributed by atoms with E-state index in [-0.39, 0.29) is 24.0 Å². The summed E-state index contributed by atoms with van der Waals surface area (Å²) in [6, 6.07) is 0. The highest BCUT2D eigenvalue weighted by atomic mass is 127. The van der Waals surface area contributed by atoms with Crippen molar-refractivity contribution in [1.82, 2.24) is 15.2 Å². The van der Waals surface area contributed by atoms with Gasteiger partial charge in [-0.25, -0.2) is 4.98 Å². The normalized spacial score (nSPS) is 19.7. The third kappa shape index (κ3) is 4.58. The summed E-state index contributed by atoms with van der Waals surface area (Å²) in [6.07, 6.45) is 2.60. The van der Waals surface area contributed by atoms with Gasteiger partial charge < -0.3 is 10.2 Å². The molecule has 0 amide bonds. The molecule has 1 saturated heterocycles. The molecule has 4 nitrogen and oxygen atoms in total. The molecule has 1 unspecified atom stereocenters. The molecule has 2 rings (SSSR count). The fraction of sp³-hybridized carbons (Fsp3) is 0.714. The SMILES string of the molecule is CN=C(NCc1sc(C)nc1C)N1CCCC(C)C1.I. The molecule has 1 aliphatic rings. The number of aryl methyl sites for hydroxylation is 2. The van der Waals surface area contributed by atoms with E-state index in [9.17, 15) is 0 Å². The Kier molecular flexibility index (Phi) is 7.22. The summed E-state index contributed by atoms with van der Waals surface area (Å²) in [6.45, 7) is 9.50. The predicted molar refractivity (Wildman–Crippen MR) is 97.2 cm³/mol. The van der Waals surface area contributed by atoms with E-state index in [1.54, 1.807) is 11.3 Å². The fourth-order valence-electron chi connectivity index (χ4n) is 2.61. The second-order valence-electron chi connectivity index (χ2n) is 5.34. The van der Waals surface area contributed by atoms with Crippen molar-refractivity contribution in [2.45, 2.75) is 40.2 Å². The van der Waals surface area contributed by atoms with Crippen LogP contribution in [0.15, 0.2) is 4.99 Å². The fourth-order valence-corrected chi connectivity index (χ4v) is 3.49. The summed E-state index contributed by atoms with van der Waals surface area (Å²) < 4.78 is 0. The van der Waals surface area contributed by atoms with Gasteiger partial charge in [0.1, 0.15) is 0 Å². The lowest BCUT2D eigenvalue weighted by atomic mass is 10.0. The van der Waals surface area contributed by atoms with Gasteiger partial charge in [-0.15, -0.1) is 35.3 Å². The van der Waals surface area contributed by atoms with Crippen molar-refractivity contribution >= 4 is 41.3 Å². The van der Waals surface area contributed by atoms with Crippen molar-refractivity contribution in [1.29, 1.82) is 0 Å². The molecule has 20 heavy (non-hydrogen) atoms. The Morgan fingerprint density at radius 3 is 2.80 bits per heavy atom. The Morgan fingerprint density at radius 2 is 2.25 bits per heavy atom. The van der Waals surface area contributed by atoms with E-state index >= 15 is 0 Å². The monoisotopic (exact) mass is 408 g/mol. The van der Waals surface area contributed by atoms with Crippen LogP contribution < -0.4 is 5.32 Å². The highest BCUT2D eigenvalue weighted by Crippen LogP contribution is 2.18. The van der Waals surface area contributed by atoms with Gasteiger partial charge in [0, 0.05) is 25.0 Å². The first-order chi connectivity index (χ1) is 9.10. The molecule has 6 heteroatoms. The predicted octanol–water partition coefficient (Wildman–Crippen LogP) is 3.19. The third-order valence-electron chi connectivity index (χ3n) is 3.58. The van der Waals surface area contributed by atoms with Crippen LogP contribution in [0.5, 0.6) is 0 Å². The zero-order valence-corrected chi connectivity index (χ0v) is 15.9. The summed E-state index contributed by atoms with van der Waals surface area (Å²) in [4.78, 5) is 12.6. The van der Waals surface area contributed by atoms with Gasteiger partial charge in [0.15, 0.2) is 5.96 Å². The molecule has 114 valence electrons. The molecular weight excluding hydrogens is 383 g/mol. The van der Waals surface area contributed by atoms with E-state index < -0.39 is 0 Å². The lowest BCUT2D eigenvalue weighted by molar-refractivity contribution is 0.266. The largest absolute Gasteiger partial charge is 0.351 e. The number of hydrogen-bond donors (Lipinski definition) is 1. The molecule has 1 aromatic rings. The van der Waals surface area contributed by atoms with Crippen LogP contribution in [-0.2, 0) is 6.54 Å². The number of thiazole rings is 1. The number of halogens is 1. The molecule has 0 radical (unpaired) electrons. The summed E-state index contributed by atoms with van der Waals surface area (Å²) >= 11 is 1.77. The first-order valence-corrected chi connectivity index (χ1v) is 7.80. The Balaban J connectivity index is 0.00000200. The standard InChI is InChI=1S/C14H24N4S.HI/c1-10-6-5-7-18(9-10)14(15-4)16-8-13-11(2)17-12(3)19-13;/h10H,5-9H2,1-4H3,(H,15,16);1H. The molecule has 0 bridgehead atoms. The van der Waals surface area contributed by atoms with Gasteiger partial charge in [-0.05, 0) is 32.6 Å². The minimum Gasteiger partial charge on any atom is -0.351 e. The molecule has 1 fully saturated rings. The highest BCUT2D eigenvalue weighted by Gasteiger charge is 2.19. The maximum absolute atomic E-state index is 4.46. The van der Waals surface area contributed by atoms with Crippen molar-refractivity contribution in [3.63, 3.8) is 0 Å². The van der Waals surface area contributed by atoms with Crippen LogP contribution >= 0.6 is 35.3 Å². The Hall–Kier alpha value is -0.370. The lowest BCUT2D eigenvalue weighted by Crippen LogP contribution is -2.45. The number of likely N-dealkylation sites (tertiary alicyclic amines) is 1. The van der Waals surface area contributed by atoms with E-state index in [0.717, 1.165) is 42.2 Å². The average molecular weight is 408 g/mol. The summed E-state index contributed by atoms with van der Waals surface area (Å²) in [5.41, 5.74) is 1.14. The Bertz CT molecular complexity index is 458. The molecule has 0 spiro atoms. The highest BCUT2D eigenvalue weighted by molar-refractivity contribution is 14.0. The topological polar surface area (TPSA) is 40.5 Å². The van der Waals surface area contributed by atoms with Crippen LogP contribution in [-0.4, -0.2) is 36.0 Å². The van der Waals surface area contributed by atoms with Crippen molar-refractivity contribution in [2.24, 2.45) is 10.9 Å². The van der Waals surface area contributed by atoms with Crippen molar-refractivity contribution in [3.8, 4) is 0 Å². The zero-order chi connectivity index (χ0) is 13.8. The van der Waals surface area contributed by atoms with Gasteiger partial charge in [0.05, 0.1) is 17.2 Å². The minimum absolute atomic E-state index is 0. The lowest BCUT2D eigenvalue weighted by Gasteiger charge is -2.33. The number of hydrogen-bond acceptors (Lipinski definition) is 3. The molecule has 1 N–H and O–H groups in total. The number of nitrogens with one attached hydrogen (secondary N) is 1. The van der Waals surface area contributed by atoms with Gasteiger partial charge in [-0.1, -0.05) is 6.92 Å². The maximum Gasteiger partial charge on any atom is 0.193 e. The molecule has 1 aliphatic heterocycles. The van der Waals surface area contributed by atoms with E-state index in [4.69, 9.17) is 0 Å². The van der Waals surface area contributed by atoms with E-state index in [1.165, 1.54) is 17.7 Å². The zero-order valence-electron chi connectivity index (χ0n) is 12.8. The minimum atomic E-state index is 0. The third-order valence-corrected chi connectivity index (χ3v) is 4.65. The van der Waals surface area contributed by atoms with Crippen molar-refractivity contribution in [3.05, 3.63) is 15.6 Å². The molecule has 1 aromatic heterocycles. The van der Waals surface area contributed by atoms with Crippen LogP contribution in [0.1, 0.15) is 35.3 Å². The summed E-state index contributed by atoms with van der Waals surface area (Å²) in [5, 5.41) is 4.61. The Morgan fingerprint density at radius 1 is 1.50 bits per heavy atom. The second kappa shape index (κ2) is 8.17. The number of aliphatic imine (C=N–C) groups is 1. The van der Waals surface area contributed by atoms with Crippen LogP contribution in [0.25, 0.3) is 0 Å². The number of rotatable bonds is 2. The molecular formula is C14H25IN4S. The first-order valence-electron chi connectivity index (χ1n) is 6.98. The quantitative estimate of drug-likeness (QED) is 0.464. The number of piperidine rings is 1. The molecule has 0 aromatic carbocycles. The smallest absolute Gasteiger partial charge is 0.193 e. The molecule has 2 heterocycles. The number of guanidine groups is 1. The van der Waals surface area contributed by atoms with Gasteiger partial charge >= 0.3 is 0 Å². The molecule has 0 aliphatic carbocycles. The van der Waals surface area contributed by atoms with Crippen molar-refractivity contribution < 1.29 is 0 Å².